The summed E-state index contributed by atoms with van der Waals surface area (Å²) in [4.78, 5) is 0.363. The molecule has 0 saturated carbocycles. The highest BCUT2D eigenvalue weighted by Gasteiger charge is 2.24. The molecule has 1 aliphatic rings. The summed E-state index contributed by atoms with van der Waals surface area (Å²) < 4.78 is 26.6. The number of nitrogens with zero attached hydrogens (tertiary/aromatic N) is 1. The molecule has 1 aromatic rings. The van der Waals surface area contributed by atoms with Crippen molar-refractivity contribution in [3.8, 4) is 0 Å². The fraction of sp³-hybridized carbons (Fsp3) is 0.538. The van der Waals surface area contributed by atoms with Crippen molar-refractivity contribution in [3.63, 3.8) is 0 Å². The molecule has 1 aliphatic heterocycles. The third-order valence-electron chi connectivity index (χ3n) is 3.26. The maximum atomic E-state index is 12.5. The Labute approximate surface area is 114 Å². The minimum absolute atomic E-state index is 0.337. The van der Waals surface area contributed by atoms with Gasteiger partial charge in [0.15, 0.2) is 0 Å². The number of hydrogen-bond acceptors (Lipinski definition) is 2. The second-order valence-electron chi connectivity index (χ2n) is 4.60. The van der Waals surface area contributed by atoms with Crippen LogP contribution >= 0.6 is 11.6 Å². The second-order valence-corrected chi connectivity index (χ2v) is 6.80. The van der Waals surface area contributed by atoms with E-state index < -0.39 is 10.0 Å². The standard InChI is InChI=1S/C13H18ClNO2S/c14-11-12-6-5-7-13(10-12)18(16,17)15-8-3-1-2-4-9-15/h5-7,10H,1-4,8-9,11H2. The van der Waals surface area contributed by atoms with Gasteiger partial charge in [-0.1, -0.05) is 25.0 Å². The lowest BCUT2D eigenvalue weighted by molar-refractivity contribution is 0.423. The predicted octanol–water partition coefficient (Wildman–Crippen LogP) is 2.99. The van der Waals surface area contributed by atoms with E-state index in [1.807, 2.05) is 6.07 Å². The molecule has 1 heterocycles. The van der Waals surface area contributed by atoms with E-state index >= 15 is 0 Å². The van der Waals surface area contributed by atoms with Crippen molar-refractivity contribution >= 4 is 21.6 Å². The van der Waals surface area contributed by atoms with Crippen molar-refractivity contribution in [2.24, 2.45) is 0 Å². The molecule has 3 nitrogen and oxygen atoms in total. The molecule has 5 heteroatoms. The molecule has 0 aliphatic carbocycles. The molecule has 18 heavy (non-hydrogen) atoms. The molecule has 1 fully saturated rings. The van der Waals surface area contributed by atoms with Crippen molar-refractivity contribution in [1.82, 2.24) is 4.31 Å². The zero-order valence-corrected chi connectivity index (χ0v) is 11.9. The Bertz CT molecular complexity index is 493. The first kappa shape index (κ1) is 13.8. The predicted molar refractivity (Wildman–Crippen MR) is 73.2 cm³/mol. The quantitative estimate of drug-likeness (QED) is 0.802. The smallest absolute Gasteiger partial charge is 0.207 e. The number of sulfonamides is 1. The number of benzene rings is 1. The highest BCUT2D eigenvalue weighted by atomic mass is 35.5. The fourth-order valence-electron chi connectivity index (χ4n) is 2.22. The molecule has 0 spiro atoms. The van der Waals surface area contributed by atoms with Crippen LogP contribution in [-0.4, -0.2) is 25.8 Å². The molecule has 2 rings (SSSR count). The van der Waals surface area contributed by atoms with E-state index in [1.165, 1.54) is 0 Å². The average molecular weight is 288 g/mol. The van der Waals surface area contributed by atoms with Crippen molar-refractivity contribution in [2.75, 3.05) is 13.1 Å². The van der Waals surface area contributed by atoms with Crippen LogP contribution in [0, 0.1) is 0 Å². The Kier molecular flexibility index (Phi) is 4.65. The Hall–Kier alpha value is -0.580. The lowest BCUT2D eigenvalue weighted by Gasteiger charge is -2.20. The van der Waals surface area contributed by atoms with Crippen LogP contribution in [0.4, 0.5) is 0 Å². The SMILES string of the molecule is O=S(=O)(c1cccc(CCl)c1)N1CCCCCC1. The van der Waals surface area contributed by atoms with Gasteiger partial charge in [0.2, 0.25) is 10.0 Å². The van der Waals surface area contributed by atoms with Crippen molar-refractivity contribution in [2.45, 2.75) is 36.5 Å². The van der Waals surface area contributed by atoms with Crippen molar-refractivity contribution in [1.29, 1.82) is 0 Å². The maximum absolute atomic E-state index is 12.5. The van der Waals surface area contributed by atoms with E-state index in [0.717, 1.165) is 31.2 Å². The summed E-state index contributed by atoms with van der Waals surface area (Å²) in [5.74, 6) is 0.337. The lowest BCUT2D eigenvalue weighted by atomic mass is 10.2. The van der Waals surface area contributed by atoms with Crippen LogP contribution in [-0.2, 0) is 15.9 Å². The molecule has 1 aromatic carbocycles. The summed E-state index contributed by atoms with van der Waals surface area (Å²) in [6, 6.07) is 6.92. The summed E-state index contributed by atoms with van der Waals surface area (Å²) in [5.41, 5.74) is 0.840. The maximum Gasteiger partial charge on any atom is 0.243 e. The zero-order chi connectivity index (χ0) is 13.0. The average Bonchev–Trinajstić information content (AvgIpc) is 2.68. The van der Waals surface area contributed by atoms with Crippen LogP contribution in [0.5, 0.6) is 0 Å². The molecule has 0 radical (unpaired) electrons. The molecular formula is C13H18ClNO2S. The largest absolute Gasteiger partial charge is 0.243 e. The van der Waals surface area contributed by atoms with Crippen LogP contribution in [0.25, 0.3) is 0 Å². The first-order chi connectivity index (χ1) is 8.64. The van der Waals surface area contributed by atoms with Crippen LogP contribution in [0.1, 0.15) is 31.2 Å². The highest BCUT2D eigenvalue weighted by molar-refractivity contribution is 7.89. The third kappa shape index (κ3) is 3.05. The van der Waals surface area contributed by atoms with Crippen molar-refractivity contribution in [3.05, 3.63) is 29.8 Å². The van der Waals surface area contributed by atoms with Gasteiger partial charge < -0.3 is 0 Å². The van der Waals surface area contributed by atoms with E-state index in [4.69, 9.17) is 11.6 Å². The fourth-order valence-corrected chi connectivity index (χ4v) is 3.97. The van der Waals surface area contributed by atoms with E-state index in [0.29, 0.717) is 23.9 Å². The summed E-state index contributed by atoms with van der Waals surface area (Å²) in [5, 5.41) is 0. The lowest BCUT2D eigenvalue weighted by Crippen LogP contribution is -2.31. The first-order valence-corrected chi connectivity index (χ1v) is 8.27. The van der Waals surface area contributed by atoms with E-state index in [2.05, 4.69) is 0 Å². The first-order valence-electron chi connectivity index (χ1n) is 6.29. The van der Waals surface area contributed by atoms with Gasteiger partial charge in [0.05, 0.1) is 4.90 Å². The van der Waals surface area contributed by atoms with Crippen LogP contribution in [0.3, 0.4) is 0 Å². The Morgan fingerprint density at radius 3 is 2.39 bits per heavy atom. The molecule has 1 saturated heterocycles. The molecule has 0 bridgehead atoms. The van der Waals surface area contributed by atoms with Gasteiger partial charge in [0, 0.05) is 19.0 Å². The Morgan fingerprint density at radius 1 is 1.11 bits per heavy atom. The third-order valence-corrected chi connectivity index (χ3v) is 5.46. The molecule has 0 unspecified atom stereocenters. The molecule has 0 atom stereocenters. The number of rotatable bonds is 3. The highest BCUT2D eigenvalue weighted by Crippen LogP contribution is 2.21. The summed E-state index contributed by atoms with van der Waals surface area (Å²) >= 11 is 5.75. The van der Waals surface area contributed by atoms with Crippen LogP contribution in [0.15, 0.2) is 29.2 Å². The minimum atomic E-state index is -3.34. The van der Waals surface area contributed by atoms with Gasteiger partial charge in [-0.25, -0.2) is 8.42 Å². The van der Waals surface area contributed by atoms with Gasteiger partial charge in [0.1, 0.15) is 0 Å². The van der Waals surface area contributed by atoms with Gasteiger partial charge in [0.25, 0.3) is 0 Å². The van der Waals surface area contributed by atoms with Crippen molar-refractivity contribution < 1.29 is 8.42 Å². The number of alkyl halides is 1. The van der Waals surface area contributed by atoms with Gasteiger partial charge in [-0.05, 0) is 30.5 Å². The van der Waals surface area contributed by atoms with Gasteiger partial charge in [-0.2, -0.15) is 4.31 Å². The topological polar surface area (TPSA) is 37.4 Å². The van der Waals surface area contributed by atoms with Gasteiger partial charge >= 0.3 is 0 Å². The zero-order valence-electron chi connectivity index (χ0n) is 10.3. The number of halogens is 1. The Balaban J connectivity index is 2.28. The second kappa shape index (κ2) is 6.04. The van der Waals surface area contributed by atoms with E-state index in [-0.39, 0.29) is 0 Å². The summed E-state index contributed by atoms with van der Waals surface area (Å²) in [6.45, 7) is 1.26. The molecule has 0 aromatic heterocycles. The van der Waals surface area contributed by atoms with Crippen LogP contribution in [0.2, 0.25) is 0 Å². The van der Waals surface area contributed by atoms with Crippen LogP contribution < -0.4 is 0 Å². The van der Waals surface area contributed by atoms with E-state index in [1.54, 1.807) is 22.5 Å². The molecular weight excluding hydrogens is 270 g/mol. The normalized spacial score (nSPS) is 18.5. The van der Waals surface area contributed by atoms with E-state index in [9.17, 15) is 8.42 Å². The number of hydrogen-bond donors (Lipinski definition) is 0. The summed E-state index contributed by atoms with van der Waals surface area (Å²) in [6.07, 6.45) is 4.14. The molecule has 100 valence electrons. The van der Waals surface area contributed by atoms with Gasteiger partial charge in [-0.3, -0.25) is 0 Å². The molecule has 0 amide bonds. The molecule has 0 N–H and O–H groups in total. The van der Waals surface area contributed by atoms with Gasteiger partial charge in [-0.15, -0.1) is 11.6 Å². The minimum Gasteiger partial charge on any atom is -0.207 e. The summed E-state index contributed by atoms with van der Waals surface area (Å²) in [7, 11) is -3.34. The Morgan fingerprint density at radius 2 is 1.78 bits per heavy atom. The monoisotopic (exact) mass is 287 g/mol.